The first kappa shape index (κ1) is 45.3. The number of aryl methyl sites for hydroxylation is 1. The summed E-state index contributed by atoms with van der Waals surface area (Å²) in [5, 5.41) is 7.12. The van der Waals surface area contributed by atoms with Crippen LogP contribution in [0.25, 0.3) is 33.1 Å². The van der Waals surface area contributed by atoms with Crippen molar-refractivity contribution in [3.63, 3.8) is 0 Å². The molecule has 1 atom stereocenters. The number of ether oxygens (including phenoxy) is 1. The summed E-state index contributed by atoms with van der Waals surface area (Å²) in [4.78, 5) is 52.9. The topological polar surface area (TPSA) is 258 Å². The highest BCUT2D eigenvalue weighted by atomic mass is 16.5. The van der Waals surface area contributed by atoms with Crippen molar-refractivity contribution in [3.8, 4) is 0 Å². The zero-order chi connectivity index (χ0) is 47.1. The first-order valence-electron chi connectivity index (χ1n) is 23.9. The highest BCUT2D eigenvalue weighted by Gasteiger charge is 2.28. The molecule has 20 heteroatoms. The quantitative estimate of drug-likeness (QED) is 0.165. The molecule has 0 spiro atoms. The van der Waals surface area contributed by atoms with Crippen LogP contribution < -0.4 is 31.9 Å². The van der Waals surface area contributed by atoms with E-state index in [2.05, 4.69) is 92.9 Å². The fraction of sp³-hybridized carbons (Fsp3) is 0.408. The maximum atomic E-state index is 5.94. The molecule has 0 radical (unpaired) electrons. The van der Waals surface area contributed by atoms with Crippen LogP contribution in [0.2, 0.25) is 0 Å². The number of nitrogen functional groups attached to an aromatic ring is 3. The number of hydrogen-bond acceptors (Lipinski definition) is 19. The lowest BCUT2D eigenvalue weighted by molar-refractivity contribution is 0.0137. The fourth-order valence-electron chi connectivity index (χ4n) is 9.89. The number of nitrogens with one attached hydrogen (secondary N) is 1. The molecular weight excluding hydrogens is 871 g/mol. The van der Waals surface area contributed by atoms with Gasteiger partial charge < -0.3 is 36.6 Å². The molecule has 7 N–H and O–H groups in total. The van der Waals surface area contributed by atoms with E-state index in [1.165, 1.54) is 43.2 Å². The van der Waals surface area contributed by atoms with Crippen LogP contribution in [0, 0.1) is 6.92 Å². The van der Waals surface area contributed by atoms with Gasteiger partial charge in [-0.15, -0.1) is 0 Å². The number of H-pyrrole nitrogens is 1. The standard InChI is InChI=1S/C18H20N6.C16H22N6O.C15H17N7/c1-12-3-2-4-14(22-12)13-7-9-24(10-8-13)16-6-5-15-17(23-16)18(19)21-11-20-15;17-16-15-13(18-11-19-16)3-4-14(20-15)22-5-1-2-12(10-22)21-6-8-23-9-7-21;16-15-14-12(17-9-18-15)1-2-13(20-14)22-7-4-10(5-8-22)11-3-6-19-21-11/h2-6,11,13H,7-10H2,1H3,(H2,19,20,21);3-4,11-12H,1-2,5-10H2,(H2,17,18,19);1-3,6,9-10H,4-5,7-8H2,(H,19,21)(H2,16,17,18). The van der Waals surface area contributed by atoms with Gasteiger partial charge in [0.05, 0.1) is 29.8 Å². The molecule has 1 unspecified atom stereocenters. The molecule has 12 heterocycles. The second-order valence-corrected chi connectivity index (χ2v) is 18.0. The summed E-state index contributed by atoms with van der Waals surface area (Å²) in [6, 6.07) is 20.9. The Kier molecular flexibility index (Phi) is 13.7. The van der Waals surface area contributed by atoms with Gasteiger partial charge in [-0.2, -0.15) is 5.10 Å². The fourth-order valence-corrected chi connectivity index (χ4v) is 9.89. The van der Waals surface area contributed by atoms with E-state index in [4.69, 9.17) is 26.9 Å². The molecule has 8 aromatic rings. The van der Waals surface area contributed by atoms with Crippen molar-refractivity contribution < 1.29 is 4.74 Å². The Hall–Kier alpha value is -7.45. The van der Waals surface area contributed by atoms with Gasteiger partial charge in [-0.25, -0.2) is 44.9 Å². The Morgan fingerprint density at radius 3 is 1.57 bits per heavy atom. The summed E-state index contributed by atoms with van der Waals surface area (Å²) in [5.41, 5.74) is 25.7. The lowest BCUT2D eigenvalue weighted by atomic mass is 9.93. The van der Waals surface area contributed by atoms with Crippen LogP contribution in [-0.2, 0) is 4.74 Å². The highest BCUT2D eigenvalue weighted by molar-refractivity contribution is 5.86. The number of fused-ring (bicyclic) bond motifs is 3. The number of pyridine rings is 4. The number of rotatable bonds is 6. The Morgan fingerprint density at radius 1 is 0.536 bits per heavy atom. The molecule has 0 aromatic carbocycles. The third-order valence-corrected chi connectivity index (χ3v) is 13.7. The first-order valence-corrected chi connectivity index (χ1v) is 23.9. The maximum absolute atomic E-state index is 5.94. The Bertz CT molecular complexity index is 2970. The van der Waals surface area contributed by atoms with Gasteiger partial charge in [0.1, 0.15) is 53.0 Å². The average molecular weight is 930 g/mol. The second kappa shape index (κ2) is 20.8. The van der Waals surface area contributed by atoms with E-state index in [1.807, 2.05) is 55.6 Å². The van der Waals surface area contributed by atoms with Crippen molar-refractivity contribution >= 4 is 68.0 Å². The lowest BCUT2D eigenvalue weighted by Gasteiger charge is -2.41. The van der Waals surface area contributed by atoms with Crippen molar-refractivity contribution in [2.24, 2.45) is 0 Å². The number of morpholine rings is 1. The lowest BCUT2D eigenvalue weighted by Crippen LogP contribution is -2.51. The van der Waals surface area contributed by atoms with Gasteiger partial charge in [0.25, 0.3) is 0 Å². The van der Waals surface area contributed by atoms with E-state index in [0.717, 1.165) is 131 Å². The minimum absolute atomic E-state index is 0.430. The number of hydrogen-bond donors (Lipinski definition) is 4. The summed E-state index contributed by atoms with van der Waals surface area (Å²) in [6.07, 6.45) is 13.0. The third kappa shape index (κ3) is 10.5. The molecule has 0 aliphatic carbocycles. The van der Waals surface area contributed by atoms with Crippen LogP contribution in [0.1, 0.15) is 67.4 Å². The molecule has 0 amide bonds. The minimum Gasteiger partial charge on any atom is -0.382 e. The first-order chi connectivity index (χ1) is 33.8. The zero-order valence-electron chi connectivity index (χ0n) is 39.0. The third-order valence-electron chi connectivity index (χ3n) is 13.7. The van der Waals surface area contributed by atoms with Gasteiger partial charge in [0.15, 0.2) is 17.5 Å². The summed E-state index contributed by atoms with van der Waals surface area (Å²) >= 11 is 0. The van der Waals surface area contributed by atoms with Gasteiger partial charge in [-0.05, 0) is 100 Å². The molecule has 69 heavy (non-hydrogen) atoms. The Balaban J connectivity index is 0.000000120. The Labute approximate surface area is 400 Å². The number of piperidine rings is 3. The van der Waals surface area contributed by atoms with Gasteiger partial charge in [0, 0.05) is 93.5 Å². The van der Waals surface area contributed by atoms with Crippen molar-refractivity contribution in [2.45, 2.75) is 63.3 Å². The average Bonchev–Trinajstić information content (AvgIpc) is 3.95. The number of aromatic amines is 1. The maximum Gasteiger partial charge on any atom is 0.153 e. The van der Waals surface area contributed by atoms with E-state index in [1.54, 1.807) is 0 Å². The van der Waals surface area contributed by atoms with Crippen molar-refractivity contribution in [1.29, 1.82) is 0 Å². The minimum atomic E-state index is 0.430. The van der Waals surface area contributed by atoms with Crippen molar-refractivity contribution in [2.75, 3.05) is 97.5 Å². The Morgan fingerprint density at radius 2 is 1.06 bits per heavy atom. The number of nitrogens with zero attached hydrogens (tertiary/aromatic N) is 15. The van der Waals surface area contributed by atoms with Gasteiger partial charge in [-0.1, -0.05) is 6.07 Å². The highest BCUT2D eigenvalue weighted by Crippen LogP contribution is 2.32. The predicted octanol–water partition coefficient (Wildman–Crippen LogP) is 5.32. The molecule has 356 valence electrons. The summed E-state index contributed by atoms with van der Waals surface area (Å²) in [5.74, 6) is 5.23. The van der Waals surface area contributed by atoms with Crippen LogP contribution >= 0.6 is 0 Å². The second-order valence-electron chi connectivity index (χ2n) is 18.0. The number of anilines is 6. The van der Waals surface area contributed by atoms with Crippen molar-refractivity contribution in [1.82, 2.24) is 64.9 Å². The van der Waals surface area contributed by atoms with E-state index >= 15 is 0 Å². The van der Waals surface area contributed by atoms with E-state index in [9.17, 15) is 0 Å². The summed E-state index contributed by atoms with van der Waals surface area (Å²) < 4.78 is 5.47. The van der Waals surface area contributed by atoms with Crippen LogP contribution in [0.4, 0.5) is 34.9 Å². The normalized spacial score (nSPS) is 18.4. The molecule has 4 fully saturated rings. The smallest absolute Gasteiger partial charge is 0.153 e. The van der Waals surface area contributed by atoms with Gasteiger partial charge in [-0.3, -0.25) is 15.0 Å². The largest absolute Gasteiger partial charge is 0.382 e. The molecule has 4 aliphatic heterocycles. The van der Waals surface area contributed by atoms with Crippen LogP contribution in [0.5, 0.6) is 0 Å². The summed E-state index contributed by atoms with van der Waals surface area (Å²) in [6.45, 7) is 11.7. The van der Waals surface area contributed by atoms with Crippen LogP contribution in [0.15, 0.2) is 85.8 Å². The monoisotopic (exact) mass is 930 g/mol. The molecule has 4 saturated heterocycles. The van der Waals surface area contributed by atoms with E-state index < -0.39 is 0 Å². The van der Waals surface area contributed by atoms with Crippen molar-refractivity contribution in [3.05, 3.63) is 103 Å². The molecule has 20 nitrogen and oxygen atoms in total. The van der Waals surface area contributed by atoms with E-state index in [0.29, 0.717) is 51.9 Å². The van der Waals surface area contributed by atoms with Gasteiger partial charge >= 0.3 is 0 Å². The summed E-state index contributed by atoms with van der Waals surface area (Å²) in [7, 11) is 0. The van der Waals surface area contributed by atoms with Crippen LogP contribution in [-0.4, -0.2) is 137 Å². The molecule has 0 saturated carbocycles. The van der Waals surface area contributed by atoms with Crippen LogP contribution in [0.3, 0.4) is 0 Å². The molecule has 4 aliphatic rings. The molecule has 8 aromatic heterocycles. The molecular formula is C49H59N19O. The van der Waals surface area contributed by atoms with Gasteiger partial charge in [0.2, 0.25) is 0 Å². The SMILES string of the molecule is Cc1cccc(C2CCN(c3ccc4ncnc(N)c4n3)CC2)n1.Nc1ncnc2ccc(N3CCC(c4ccn[nH]4)CC3)nc12.Nc1ncnc2ccc(N3CCCC(N4CCOCC4)C3)nc12. The number of aromatic nitrogens is 12. The zero-order valence-corrected chi connectivity index (χ0v) is 39.0. The molecule has 12 rings (SSSR count). The number of nitrogens with two attached hydrogens (primary N) is 3. The van der Waals surface area contributed by atoms with E-state index in [-0.39, 0.29) is 0 Å². The molecule has 0 bridgehead atoms. The predicted molar refractivity (Wildman–Crippen MR) is 269 cm³/mol.